The van der Waals surface area contributed by atoms with Crippen LogP contribution >= 0.6 is 0 Å². The molecule has 3 heterocycles. The molecule has 0 radical (unpaired) electrons. The molecule has 0 saturated carbocycles. The van der Waals surface area contributed by atoms with Crippen molar-refractivity contribution in [1.82, 2.24) is 19.9 Å². The number of nitrogens with one attached hydrogen (secondary N) is 1. The van der Waals surface area contributed by atoms with Gasteiger partial charge < -0.3 is 20.4 Å². The van der Waals surface area contributed by atoms with E-state index in [0.717, 1.165) is 59.6 Å². The minimum atomic E-state index is 0.419. The smallest absolute Gasteiger partial charge is 0.146 e. The largest absolute Gasteiger partial charge is 0.457 e. The third-order valence-electron chi connectivity index (χ3n) is 5.81. The van der Waals surface area contributed by atoms with E-state index in [1.807, 2.05) is 82.3 Å². The molecule has 0 amide bonds. The molecule has 5 rings (SSSR count). The third-order valence-corrected chi connectivity index (χ3v) is 5.81. The van der Waals surface area contributed by atoms with Gasteiger partial charge in [0.15, 0.2) is 0 Å². The van der Waals surface area contributed by atoms with Crippen molar-refractivity contribution in [3.05, 3.63) is 105 Å². The molecule has 0 unspecified atom stereocenters. The van der Waals surface area contributed by atoms with E-state index in [-0.39, 0.29) is 0 Å². The summed E-state index contributed by atoms with van der Waals surface area (Å²) in [6, 6.07) is 18.3. The summed E-state index contributed by atoms with van der Waals surface area (Å²) < 4.78 is 8.19. The summed E-state index contributed by atoms with van der Waals surface area (Å²) in [5, 5.41) is 4.34. The number of piperidine rings is 1. The maximum atomic E-state index is 6.27. The first-order chi connectivity index (χ1) is 19.1. The number of hydrogen-bond donors (Lipinski definition) is 2. The molecule has 6 heteroatoms. The Kier molecular flexibility index (Phi) is 13.8. The molecule has 39 heavy (non-hydrogen) atoms. The summed E-state index contributed by atoms with van der Waals surface area (Å²) in [7, 11) is 0. The molecule has 3 N–H and O–H groups in total. The number of nitrogens with two attached hydrogens (primary N) is 1. The van der Waals surface area contributed by atoms with Gasteiger partial charge in [0.25, 0.3) is 0 Å². The van der Waals surface area contributed by atoms with Crippen molar-refractivity contribution in [3.63, 3.8) is 0 Å². The van der Waals surface area contributed by atoms with E-state index >= 15 is 0 Å². The SMILES string of the molecule is C=C/C=C\C.C=CC.CC.Nc1ncnc2c1c(-c1ccc(Oc3ccccc3)cc1)cn2C1CCNCC1. The van der Waals surface area contributed by atoms with Crippen molar-refractivity contribution in [3.8, 4) is 22.6 Å². The number of nitrogens with zero attached hydrogens (tertiary/aromatic N) is 3. The first kappa shape index (κ1) is 31.1. The molecular formula is C33H43N5O. The van der Waals surface area contributed by atoms with Crippen LogP contribution in [0.5, 0.6) is 11.5 Å². The molecular weight excluding hydrogens is 482 g/mol. The number of nitrogen functional groups attached to an aromatic ring is 1. The lowest BCUT2D eigenvalue weighted by atomic mass is 10.1. The summed E-state index contributed by atoms with van der Waals surface area (Å²) in [5.41, 5.74) is 9.31. The second-order valence-corrected chi connectivity index (χ2v) is 8.50. The molecule has 0 aliphatic carbocycles. The van der Waals surface area contributed by atoms with Crippen molar-refractivity contribution in [2.75, 3.05) is 18.8 Å². The molecule has 0 spiro atoms. The van der Waals surface area contributed by atoms with Crippen LogP contribution < -0.4 is 15.8 Å². The highest BCUT2D eigenvalue weighted by molar-refractivity contribution is 6.00. The predicted molar refractivity (Wildman–Crippen MR) is 167 cm³/mol. The molecule has 1 aliphatic rings. The van der Waals surface area contributed by atoms with Crippen LogP contribution in [0.2, 0.25) is 0 Å². The summed E-state index contributed by atoms with van der Waals surface area (Å²) in [6.45, 7) is 16.7. The standard InChI is InChI=1S/C23H23N5O.C5H8.C3H6.C2H6/c24-22-21-20(14-28(23(21)27-15-26-22)17-10-12-25-13-11-17)16-6-8-19(9-7-16)29-18-4-2-1-3-5-18;1-3-5-4-2;1-3-2;1-2/h1-9,14-15,17,25H,10-13H2,(H2,24,26,27);3-5H,1H2,2H3;3H,1H2,2H3;1-2H3/b;5-4-;;. The summed E-state index contributed by atoms with van der Waals surface area (Å²) in [6.07, 6.45) is 13.2. The van der Waals surface area contributed by atoms with Crippen LogP contribution in [0.25, 0.3) is 22.2 Å². The maximum absolute atomic E-state index is 6.27. The van der Waals surface area contributed by atoms with Crippen molar-refractivity contribution in [2.24, 2.45) is 0 Å². The fraction of sp³-hybridized carbons (Fsp3) is 0.273. The van der Waals surface area contributed by atoms with E-state index in [0.29, 0.717) is 11.9 Å². The lowest BCUT2D eigenvalue weighted by molar-refractivity contribution is 0.375. The molecule has 0 atom stereocenters. The molecule has 206 valence electrons. The van der Waals surface area contributed by atoms with Gasteiger partial charge in [-0.05, 0) is 69.6 Å². The molecule has 1 aliphatic heterocycles. The van der Waals surface area contributed by atoms with E-state index in [1.54, 1.807) is 18.5 Å². The highest BCUT2D eigenvalue weighted by atomic mass is 16.5. The molecule has 2 aromatic heterocycles. The normalized spacial score (nSPS) is 12.7. The van der Waals surface area contributed by atoms with Crippen LogP contribution in [-0.4, -0.2) is 27.6 Å². The van der Waals surface area contributed by atoms with Gasteiger partial charge in [-0.3, -0.25) is 0 Å². The number of hydrogen-bond acceptors (Lipinski definition) is 5. The fourth-order valence-corrected chi connectivity index (χ4v) is 4.15. The van der Waals surface area contributed by atoms with Crippen LogP contribution in [-0.2, 0) is 0 Å². The van der Waals surface area contributed by atoms with Gasteiger partial charge in [0, 0.05) is 17.8 Å². The number of allylic oxidation sites excluding steroid dienone is 4. The number of para-hydroxylation sites is 1. The number of aromatic nitrogens is 3. The Morgan fingerprint density at radius 1 is 0.949 bits per heavy atom. The van der Waals surface area contributed by atoms with E-state index in [4.69, 9.17) is 10.5 Å². The average Bonchev–Trinajstić information content (AvgIpc) is 3.38. The average molecular weight is 526 g/mol. The number of fused-ring (bicyclic) bond motifs is 1. The van der Waals surface area contributed by atoms with Gasteiger partial charge in [-0.2, -0.15) is 0 Å². The number of rotatable bonds is 5. The van der Waals surface area contributed by atoms with Gasteiger partial charge in [-0.15, -0.1) is 6.58 Å². The fourth-order valence-electron chi connectivity index (χ4n) is 4.15. The number of ether oxygens (including phenoxy) is 1. The lowest BCUT2D eigenvalue weighted by Crippen LogP contribution is -2.29. The Hall–Kier alpha value is -4.16. The zero-order valence-corrected chi connectivity index (χ0v) is 23.8. The molecule has 4 aromatic rings. The monoisotopic (exact) mass is 525 g/mol. The number of benzene rings is 2. The van der Waals surface area contributed by atoms with Crippen LogP contribution in [0.4, 0.5) is 5.82 Å². The Morgan fingerprint density at radius 2 is 1.56 bits per heavy atom. The van der Waals surface area contributed by atoms with Gasteiger partial charge >= 0.3 is 0 Å². The molecule has 2 aromatic carbocycles. The van der Waals surface area contributed by atoms with E-state index in [9.17, 15) is 0 Å². The quantitative estimate of drug-likeness (QED) is 0.202. The Morgan fingerprint density at radius 3 is 2.13 bits per heavy atom. The Bertz CT molecular complexity index is 1290. The summed E-state index contributed by atoms with van der Waals surface area (Å²) in [5.74, 6) is 2.13. The minimum absolute atomic E-state index is 0.419. The van der Waals surface area contributed by atoms with Crippen LogP contribution in [0.3, 0.4) is 0 Å². The van der Waals surface area contributed by atoms with Crippen LogP contribution in [0.1, 0.15) is 46.6 Å². The topological polar surface area (TPSA) is 78.0 Å². The molecule has 1 fully saturated rings. The first-order valence-electron chi connectivity index (χ1n) is 13.6. The van der Waals surface area contributed by atoms with Gasteiger partial charge in [-0.1, -0.05) is 75.1 Å². The maximum Gasteiger partial charge on any atom is 0.146 e. The van der Waals surface area contributed by atoms with Crippen molar-refractivity contribution in [1.29, 1.82) is 0 Å². The highest BCUT2D eigenvalue weighted by Crippen LogP contribution is 2.36. The lowest BCUT2D eigenvalue weighted by Gasteiger charge is -2.24. The van der Waals surface area contributed by atoms with Gasteiger partial charge in [0.05, 0.1) is 5.39 Å². The van der Waals surface area contributed by atoms with E-state index in [1.165, 1.54) is 0 Å². The Balaban J connectivity index is 0.000000467. The van der Waals surface area contributed by atoms with Gasteiger partial charge in [0.2, 0.25) is 0 Å². The first-order valence-corrected chi connectivity index (χ1v) is 13.6. The zero-order chi connectivity index (χ0) is 28.5. The van der Waals surface area contributed by atoms with E-state index in [2.05, 4.69) is 51.3 Å². The molecule has 1 saturated heterocycles. The number of anilines is 1. The highest BCUT2D eigenvalue weighted by Gasteiger charge is 2.21. The van der Waals surface area contributed by atoms with E-state index < -0.39 is 0 Å². The van der Waals surface area contributed by atoms with Crippen molar-refractivity contribution in [2.45, 2.75) is 46.6 Å². The van der Waals surface area contributed by atoms with Gasteiger partial charge in [0.1, 0.15) is 29.3 Å². The third kappa shape index (κ3) is 8.97. The Labute approximate surface area is 234 Å². The zero-order valence-electron chi connectivity index (χ0n) is 23.8. The molecule has 0 bridgehead atoms. The van der Waals surface area contributed by atoms with Crippen molar-refractivity contribution >= 4 is 16.9 Å². The van der Waals surface area contributed by atoms with Crippen LogP contribution in [0.15, 0.2) is 105 Å². The second kappa shape index (κ2) is 17.4. The van der Waals surface area contributed by atoms with Crippen LogP contribution in [0, 0.1) is 0 Å². The van der Waals surface area contributed by atoms with Gasteiger partial charge in [-0.25, -0.2) is 9.97 Å². The molecule has 6 nitrogen and oxygen atoms in total. The van der Waals surface area contributed by atoms with Crippen molar-refractivity contribution < 1.29 is 4.74 Å². The summed E-state index contributed by atoms with van der Waals surface area (Å²) in [4.78, 5) is 8.81. The predicted octanol–water partition coefficient (Wildman–Crippen LogP) is 8.36. The summed E-state index contributed by atoms with van der Waals surface area (Å²) >= 11 is 0. The second-order valence-electron chi connectivity index (χ2n) is 8.50. The minimum Gasteiger partial charge on any atom is -0.457 e.